The van der Waals surface area contributed by atoms with Crippen molar-refractivity contribution in [2.24, 2.45) is 5.73 Å². The van der Waals surface area contributed by atoms with Gasteiger partial charge in [-0.2, -0.15) is 0 Å². The summed E-state index contributed by atoms with van der Waals surface area (Å²) in [6, 6.07) is 0. The molecule has 0 atom stereocenters. The summed E-state index contributed by atoms with van der Waals surface area (Å²) in [5.74, 6) is 0. The molecule has 0 heterocycles. The normalized spacial score (nSPS) is 19.6. The first kappa shape index (κ1) is 4.69. The molecule has 1 aliphatic carbocycles. The van der Waals surface area contributed by atoms with Gasteiger partial charge in [0, 0.05) is 5.70 Å². The van der Waals surface area contributed by atoms with Gasteiger partial charge in [-0.25, -0.2) is 0 Å². The lowest BCUT2D eigenvalue weighted by Crippen LogP contribution is -2.10. The molecule has 1 nitrogen and oxygen atoms in total. The highest BCUT2D eigenvalue weighted by Crippen LogP contribution is 2.25. The monoisotopic (exact) mass is 97.1 g/mol. The summed E-state index contributed by atoms with van der Waals surface area (Å²) in [6.07, 6.45) is 3.55. The predicted octanol–water partition coefficient (Wildman–Crippen LogP) is 1.40. The van der Waals surface area contributed by atoms with Gasteiger partial charge in [-0.3, -0.25) is 0 Å². The van der Waals surface area contributed by atoms with Crippen molar-refractivity contribution in [1.82, 2.24) is 0 Å². The number of rotatable bonds is 1. The third-order valence-corrected chi connectivity index (χ3v) is 1.58. The number of nitrogens with two attached hydrogens (primary N) is 1. The molecule has 0 bridgehead atoms. The third-order valence-electron chi connectivity index (χ3n) is 1.58. The molecule has 0 radical (unpaired) electrons. The Morgan fingerprint density at radius 1 is 1.57 bits per heavy atom. The van der Waals surface area contributed by atoms with Crippen LogP contribution in [0.5, 0.6) is 0 Å². The quantitative estimate of drug-likeness (QED) is 0.526. The molecule has 0 unspecified atom stereocenters. The van der Waals surface area contributed by atoms with Gasteiger partial charge in [0.15, 0.2) is 0 Å². The van der Waals surface area contributed by atoms with E-state index >= 15 is 0 Å². The van der Waals surface area contributed by atoms with Crippen molar-refractivity contribution in [3.63, 3.8) is 0 Å². The van der Waals surface area contributed by atoms with Crippen LogP contribution < -0.4 is 5.73 Å². The molecule has 0 aromatic rings. The van der Waals surface area contributed by atoms with E-state index < -0.39 is 0 Å². The van der Waals surface area contributed by atoms with Gasteiger partial charge >= 0.3 is 0 Å². The van der Waals surface area contributed by atoms with Crippen LogP contribution in [0.15, 0.2) is 11.3 Å². The predicted molar refractivity (Wildman–Crippen MR) is 30.7 cm³/mol. The molecule has 0 fully saturated rings. The van der Waals surface area contributed by atoms with Crippen LogP contribution in [0.2, 0.25) is 0 Å². The van der Waals surface area contributed by atoms with Crippen LogP contribution in [0, 0.1) is 0 Å². The highest BCUT2D eigenvalue weighted by atomic mass is 14.6. The summed E-state index contributed by atoms with van der Waals surface area (Å²) in [4.78, 5) is 0. The van der Waals surface area contributed by atoms with Gasteiger partial charge in [0.1, 0.15) is 0 Å². The Labute approximate surface area is 44.2 Å². The summed E-state index contributed by atoms with van der Waals surface area (Å²) in [5.41, 5.74) is 8.13. The first-order valence-corrected chi connectivity index (χ1v) is 2.81. The van der Waals surface area contributed by atoms with Gasteiger partial charge in [-0.05, 0) is 19.3 Å². The fraction of sp³-hybridized carbons (Fsp3) is 0.667. The Morgan fingerprint density at radius 2 is 2.29 bits per heavy atom. The summed E-state index contributed by atoms with van der Waals surface area (Å²) in [7, 11) is 0. The number of hydrogen-bond donors (Lipinski definition) is 1. The summed E-state index contributed by atoms with van der Waals surface area (Å²) in [5, 5.41) is 0. The van der Waals surface area contributed by atoms with Gasteiger partial charge in [-0.15, -0.1) is 0 Å². The van der Waals surface area contributed by atoms with Gasteiger partial charge in [-0.1, -0.05) is 12.5 Å². The van der Waals surface area contributed by atoms with Crippen LogP contribution in [0.25, 0.3) is 0 Å². The molecule has 0 aromatic heterocycles. The molecule has 7 heavy (non-hydrogen) atoms. The zero-order valence-electron chi connectivity index (χ0n) is 4.70. The maximum atomic E-state index is 5.51. The minimum Gasteiger partial charge on any atom is -0.402 e. The van der Waals surface area contributed by atoms with E-state index in [4.69, 9.17) is 5.73 Å². The average Bonchev–Trinajstić information content (AvgIpc) is 1.65. The van der Waals surface area contributed by atoms with Gasteiger partial charge in [0.05, 0.1) is 0 Å². The van der Waals surface area contributed by atoms with Gasteiger partial charge in [0.25, 0.3) is 0 Å². The lowest BCUT2D eigenvalue weighted by Gasteiger charge is -2.17. The maximum absolute atomic E-state index is 5.51. The Kier molecular flexibility index (Phi) is 1.05. The van der Waals surface area contributed by atoms with Crippen LogP contribution in [0.3, 0.4) is 0 Å². The molecule has 2 N–H and O–H groups in total. The maximum Gasteiger partial charge on any atom is 0.00756 e. The Balaban J connectivity index is 2.53. The highest BCUT2D eigenvalue weighted by Gasteiger charge is 2.09. The molecule has 1 rings (SSSR count). The molecule has 0 spiro atoms. The van der Waals surface area contributed by atoms with E-state index in [1.807, 2.05) is 0 Å². The zero-order chi connectivity index (χ0) is 5.28. The lowest BCUT2D eigenvalue weighted by molar-refractivity contribution is 0.743. The first-order valence-electron chi connectivity index (χ1n) is 2.81. The van der Waals surface area contributed by atoms with Crippen LogP contribution >= 0.6 is 0 Å². The molecular formula is C6H11N. The fourth-order valence-corrected chi connectivity index (χ4v) is 0.850. The smallest absolute Gasteiger partial charge is 0.00756 e. The minimum absolute atomic E-state index is 1.14. The van der Waals surface area contributed by atoms with Crippen molar-refractivity contribution in [1.29, 1.82) is 0 Å². The number of hydrogen-bond acceptors (Lipinski definition) is 1. The largest absolute Gasteiger partial charge is 0.402 e. The van der Waals surface area contributed by atoms with E-state index in [1.54, 1.807) is 0 Å². The molecule has 0 saturated heterocycles. The Morgan fingerprint density at radius 3 is 2.29 bits per heavy atom. The van der Waals surface area contributed by atoms with Crippen molar-refractivity contribution in [3.8, 4) is 0 Å². The summed E-state index contributed by atoms with van der Waals surface area (Å²) >= 11 is 0. The van der Waals surface area contributed by atoms with Crippen LogP contribution in [0.1, 0.15) is 26.2 Å². The van der Waals surface area contributed by atoms with Crippen molar-refractivity contribution in [2.45, 2.75) is 26.2 Å². The first-order chi connectivity index (χ1) is 3.34. The van der Waals surface area contributed by atoms with E-state index in [2.05, 4.69) is 6.92 Å². The van der Waals surface area contributed by atoms with Crippen LogP contribution in [-0.4, -0.2) is 0 Å². The van der Waals surface area contributed by atoms with E-state index in [0.29, 0.717) is 0 Å². The molecule has 1 heteroatoms. The SMILES string of the molecule is CCC1=C(N)CC1. The topological polar surface area (TPSA) is 26.0 Å². The Hall–Kier alpha value is -0.460. The third kappa shape index (κ3) is 0.625. The minimum atomic E-state index is 1.14. The molecule has 0 saturated carbocycles. The van der Waals surface area contributed by atoms with Gasteiger partial charge in [0.2, 0.25) is 0 Å². The lowest BCUT2D eigenvalue weighted by atomic mass is 9.93. The van der Waals surface area contributed by atoms with E-state index in [1.165, 1.54) is 12.0 Å². The molecule has 40 valence electrons. The van der Waals surface area contributed by atoms with Crippen molar-refractivity contribution >= 4 is 0 Å². The summed E-state index contributed by atoms with van der Waals surface area (Å²) in [6.45, 7) is 2.15. The fourth-order valence-electron chi connectivity index (χ4n) is 0.850. The number of allylic oxidation sites excluding steroid dienone is 2. The van der Waals surface area contributed by atoms with E-state index in [0.717, 1.165) is 18.5 Å². The van der Waals surface area contributed by atoms with Crippen LogP contribution in [0.4, 0.5) is 0 Å². The van der Waals surface area contributed by atoms with Crippen LogP contribution in [-0.2, 0) is 0 Å². The molecule has 0 amide bonds. The zero-order valence-corrected chi connectivity index (χ0v) is 4.70. The molecule has 1 aliphatic rings. The highest BCUT2D eigenvalue weighted by molar-refractivity contribution is 5.20. The van der Waals surface area contributed by atoms with Crippen molar-refractivity contribution in [3.05, 3.63) is 11.3 Å². The second-order valence-corrected chi connectivity index (χ2v) is 1.98. The van der Waals surface area contributed by atoms with E-state index in [9.17, 15) is 0 Å². The Bertz CT molecular complexity index is 103. The van der Waals surface area contributed by atoms with E-state index in [-0.39, 0.29) is 0 Å². The average molecular weight is 97.2 g/mol. The molecular weight excluding hydrogens is 86.1 g/mol. The van der Waals surface area contributed by atoms with Gasteiger partial charge < -0.3 is 5.73 Å². The molecule has 0 aliphatic heterocycles. The van der Waals surface area contributed by atoms with Crippen molar-refractivity contribution in [2.75, 3.05) is 0 Å². The summed E-state index contributed by atoms with van der Waals surface area (Å²) < 4.78 is 0. The standard InChI is InChI=1S/C6H11N/c1-2-5-3-4-6(5)7/h2-4,7H2,1H3. The van der Waals surface area contributed by atoms with Crippen molar-refractivity contribution < 1.29 is 0 Å². The molecule has 0 aromatic carbocycles. The second-order valence-electron chi connectivity index (χ2n) is 1.98. The second kappa shape index (κ2) is 1.57.